The molecule has 0 bridgehead atoms. The van der Waals surface area contributed by atoms with Crippen LogP contribution in [0.15, 0.2) is 0 Å². The normalized spacial score (nSPS) is 23.4. The van der Waals surface area contributed by atoms with E-state index >= 15 is 0 Å². The zero-order valence-electron chi connectivity index (χ0n) is 11.3. The molecule has 0 aliphatic carbocycles. The lowest BCUT2D eigenvalue weighted by Crippen LogP contribution is -2.35. The van der Waals surface area contributed by atoms with E-state index in [4.69, 9.17) is 10.5 Å². The SMILES string of the molecule is CCOc1nc(N)nc(N2C(C)CCC2CC)n1. The predicted octanol–water partition coefficient (Wildman–Crippen LogP) is 1.62. The number of nitrogens with zero attached hydrogens (tertiary/aromatic N) is 4. The maximum atomic E-state index is 5.72. The minimum atomic E-state index is 0.220. The van der Waals surface area contributed by atoms with Gasteiger partial charge in [0.25, 0.3) is 0 Å². The maximum absolute atomic E-state index is 5.72. The predicted molar refractivity (Wildman–Crippen MR) is 70.7 cm³/mol. The van der Waals surface area contributed by atoms with Crippen LogP contribution in [-0.2, 0) is 0 Å². The van der Waals surface area contributed by atoms with Gasteiger partial charge >= 0.3 is 6.01 Å². The second kappa shape index (κ2) is 5.37. The number of nitrogen functional groups attached to an aromatic ring is 1. The summed E-state index contributed by atoms with van der Waals surface area (Å²) in [5.74, 6) is 0.861. The van der Waals surface area contributed by atoms with Crippen LogP contribution in [0.3, 0.4) is 0 Å². The summed E-state index contributed by atoms with van der Waals surface area (Å²) < 4.78 is 5.32. The molecule has 0 spiro atoms. The highest BCUT2D eigenvalue weighted by Gasteiger charge is 2.31. The first-order valence-electron chi connectivity index (χ1n) is 6.58. The van der Waals surface area contributed by atoms with Crippen LogP contribution in [0, 0.1) is 0 Å². The third-order valence-electron chi connectivity index (χ3n) is 3.38. The van der Waals surface area contributed by atoms with Crippen LogP contribution < -0.4 is 15.4 Å². The van der Waals surface area contributed by atoms with Crippen molar-refractivity contribution in [3.8, 4) is 6.01 Å². The lowest BCUT2D eigenvalue weighted by Gasteiger charge is -2.27. The van der Waals surface area contributed by atoms with E-state index in [2.05, 4.69) is 33.7 Å². The minimum absolute atomic E-state index is 0.220. The van der Waals surface area contributed by atoms with Gasteiger partial charge in [-0.25, -0.2) is 0 Å². The van der Waals surface area contributed by atoms with Gasteiger partial charge < -0.3 is 15.4 Å². The van der Waals surface area contributed by atoms with Crippen molar-refractivity contribution in [2.24, 2.45) is 0 Å². The Hall–Kier alpha value is -1.59. The first kappa shape index (κ1) is 12.9. The molecule has 2 N–H and O–H groups in total. The Morgan fingerprint density at radius 2 is 2.06 bits per heavy atom. The van der Waals surface area contributed by atoms with Crippen molar-refractivity contribution in [2.45, 2.75) is 52.1 Å². The van der Waals surface area contributed by atoms with E-state index in [1.165, 1.54) is 6.42 Å². The van der Waals surface area contributed by atoms with Crippen molar-refractivity contribution in [1.29, 1.82) is 0 Å². The third-order valence-corrected chi connectivity index (χ3v) is 3.38. The van der Waals surface area contributed by atoms with E-state index < -0.39 is 0 Å². The van der Waals surface area contributed by atoms with Gasteiger partial charge in [0.2, 0.25) is 11.9 Å². The van der Waals surface area contributed by atoms with Crippen LogP contribution in [0.5, 0.6) is 6.01 Å². The molecular formula is C12H21N5O. The van der Waals surface area contributed by atoms with Gasteiger partial charge in [-0.05, 0) is 33.1 Å². The van der Waals surface area contributed by atoms with Gasteiger partial charge in [-0.15, -0.1) is 0 Å². The first-order chi connectivity index (χ1) is 8.65. The van der Waals surface area contributed by atoms with Gasteiger partial charge in [0.05, 0.1) is 6.61 Å². The molecular weight excluding hydrogens is 230 g/mol. The summed E-state index contributed by atoms with van der Waals surface area (Å²) >= 11 is 0. The van der Waals surface area contributed by atoms with Crippen LogP contribution >= 0.6 is 0 Å². The number of rotatable bonds is 4. The Kier molecular flexibility index (Phi) is 3.84. The van der Waals surface area contributed by atoms with Crippen molar-refractivity contribution in [1.82, 2.24) is 15.0 Å². The Labute approximate surface area is 108 Å². The number of nitrogens with two attached hydrogens (primary N) is 1. The molecule has 0 aromatic carbocycles. The molecule has 18 heavy (non-hydrogen) atoms. The van der Waals surface area contributed by atoms with Crippen molar-refractivity contribution >= 4 is 11.9 Å². The molecule has 0 radical (unpaired) electrons. The average molecular weight is 251 g/mol. The van der Waals surface area contributed by atoms with E-state index in [1.54, 1.807) is 0 Å². The highest BCUT2D eigenvalue weighted by molar-refractivity contribution is 5.39. The van der Waals surface area contributed by atoms with Crippen molar-refractivity contribution in [3.63, 3.8) is 0 Å². The van der Waals surface area contributed by atoms with E-state index in [0.29, 0.717) is 30.6 Å². The van der Waals surface area contributed by atoms with Crippen molar-refractivity contribution in [2.75, 3.05) is 17.2 Å². The molecule has 0 saturated carbocycles. The zero-order valence-corrected chi connectivity index (χ0v) is 11.3. The smallest absolute Gasteiger partial charge is 0.323 e. The molecule has 6 nitrogen and oxygen atoms in total. The van der Waals surface area contributed by atoms with Crippen LogP contribution in [0.2, 0.25) is 0 Å². The summed E-state index contributed by atoms with van der Waals surface area (Å²) in [7, 11) is 0. The molecule has 0 amide bonds. The molecule has 2 heterocycles. The second-order valence-corrected chi connectivity index (χ2v) is 4.60. The number of hydrogen-bond donors (Lipinski definition) is 1. The zero-order chi connectivity index (χ0) is 13.1. The highest BCUT2D eigenvalue weighted by Crippen LogP contribution is 2.30. The molecule has 1 aliphatic rings. The topological polar surface area (TPSA) is 77.2 Å². The molecule has 100 valence electrons. The van der Waals surface area contributed by atoms with E-state index in [-0.39, 0.29) is 5.95 Å². The fraction of sp³-hybridized carbons (Fsp3) is 0.750. The minimum Gasteiger partial charge on any atom is -0.464 e. The van der Waals surface area contributed by atoms with Gasteiger partial charge in [-0.3, -0.25) is 0 Å². The molecule has 6 heteroatoms. The average Bonchev–Trinajstić information content (AvgIpc) is 2.70. The molecule has 1 fully saturated rings. The molecule has 2 atom stereocenters. The lowest BCUT2D eigenvalue weighted by atomic mass is 10.2. The van der Waals surface area contributed by atoms with E-state index in [0.717, 1.165) is 12.8 Å². The molecule has 1 aromatic rings. The summed E-state index contributed by atoms with van der Waals surface area (Å²) in [5.41, 5.74) is 5.72. The van der Waals surface area contributed by atoms with Crippen LogP contribution in [0.1, 0.15) is 40.0 Å². The molecule has 1 aliphatic heterocycles. The second-order valence-electron chi connectivity index (χ2n) is 4.60. The fourth-order valence-electron chi connectivity index (χ4n) is 2.50. The number of aromatic nitrogens is 3. The number of anilines is 2. The van der Waals surface area contributed by atoms with Crippen LogP contribution in [0.4, 0.5) is 11.9 Å². The van der Waals surface area contributed by atoms with Gasteiger partial charge in [0.15, 0.2) is 0 Å². The monoisotopic (exact) mass is 251 g/mol. The summed E-state index contributed by atoms with van der Waals surface area (Å²) in [6.45, 7) is 6.79. The Morgan fingerprint density at radius 3 is 2.72 bits per heavy atom. The summed E-state index contributed by atoms with van der Waals surface area (Å²) in [6.07, 6.45) is 3.42. The Balaban J connectivity index is 2.31. The summed E-state index contributed by atoms with van der Waals surface area (Å²) in [4.78, 5) is 14.8. The highest BCUT2D eigenvalue weighted by atomic mass is 16.5. The maximum Gasteiger partial charge on any atom is 0.323 e. The standard InChI is InChI=1S/C12H21N5O/c1-4-9-7-6-8(3)17(9)11-14-10(13)15-12(16-11)18-5-2/h8-9H,4-7H2,1-3H3,(H2,13,14,15,16). The molecule has 1 aromatic heterocycles. The van der Waals surface area contributed by atoms with E-state index in [1.807, 2.05) is 6.92 Å². The Bertz CT molecular complexity index is 411. The molecule has 1 saturated heterocycles. The molecule has 2 rings (SSSR count). The summed E-state index contributed by atoms with van der Waals surface area (Å²) in [6, 6.07) is 1.23. The summed E-state index contributed by atoms with van der Waals surface area (Å²) in [5, 5.41) is 0. The van der Waals surface area contributed by atoms with Gasteiger partial charge in [-0.2, -0.15) is 15.0 Å². The van der Waals surface area contributed by atoms with Gasteiger partial charge in [0.1, 0.15) is 0 Å². The van der Waals surface area contributed by atoms with Crippen LogP contribution in [0.25, 0.3) is 0 Å². The quantitative estimate of drug-likeness (QED) is 0.876. The fourth-order valence-corrected chi connectivity index (χ4v) is 2.50. The van der Waals surface area contributed by atoms with Crippen molar-refractivity contribution in [3.05, 3.63) is 0 Å². The largest absolute Gasteiger partial charge is 0.464 e. The van der Waals surface area contributed by atoms with E-state index in [9.17, 15) is 0 Å². The van der Waals surface area contributed by atoms with Crippen LogP contribution in [-0.4, -0.2) is 33.6 Å². The third kappa shape index (κ3) is 2.47. The number of hydrogen-bond acceptors (Lipinski definition) is 6. The van der Waals surface area contributed by atoms with Crippen molar-refractivity contribution < 1.29 is 4.74 Å². The van der Waals surface area contributed by atoms with Gasteiger partial charge in [0, 0.05) is 12.1 Å². The lowest BCUT2D eigenvalue weighted by molar-refractivity contribution is 0.312. The van der Waals surface area contributed by atoms with Gasteiger partial charge in [-0.1, -0.05) is 6.92 Å². The first-order valence-corrected chi connectivity index (χ1v) is 6.58. The molecule has 2 unspecified atom stereocenters. The number of ether oxygens (including phenoxy) is 1. The Morgan fingerprint density at radius 1 is 1.28 bits per heavy atom.